The summed E-state index contributed by atoms with van der Waals surface area (Å²) in [6.45, 7) is 2.33. The molecule has 0 saturated heterocycles. The molecule has 0 aliphatic heterocycles. The molecule has 0 aliphatic rings. The van der Waals surface area contributed by atoms with Crippen molar-refractivity contribution < 1.29 is 8.42 Å². The van der Waals surface area contributed by atoms with E-state index in [2.05, 4.69) is 9.44 Å². The summed E-state index contributed by atoms with van der Waals surface area (Å²) >= 11 is 0. The number of hydrogen-bond acceptors (Lipinski definition) is 3. The molecule has 0 aromatic rings. The topological polar surface area (TPSA) is 84.2 Å². The fourth-order valence-electron chi connectivity index (χ4n) is 0.703. The molecule has 0 rings (SSSR count). The smallest absolute Gasteiger partial charge is 0.276 e. The molecule has 5 nitrogen and oxygen atoms in total. The Balaban J connectivity index is 3.45. The van der Waals surface area contributed by atoms with Gasteiger partial charge in [0.2, 0.25) is 0 Å². The third-order valence-corrected chi connectivity index (χ3v) is 2.52. The van der Waals surface area contributed by atoms with Crippen LogP contribution in [-0.4, -0.2) is 28.1 Å². The minimum atomic E-state index is -3.26. The van der Waals surface area contributed by atoms with Crippen molar-refractivity contribution in [2.45, 2.75) is 25.8 Å². The zero-order valence-corrected chi connectivity index (χ0v) is 8.32. The SMILES string of the molecule is CNS(=O)(=O)NCCCC(C)N. The summed E-state index contributed by atoms with van der Waals surface area (Å²) in [5.74, 6) is 0. The number of rotatable bonds is 6. The van der Waals surface area contributed by atoms with Gasteiger partial charge in [-0.25, -0.2) is 9.44 Å². The van der Waals surface area contributed by atoms with Gasteiger partial charge in [-0.1, -0.05) is 0 Å². The lowest BCUT2D eigenvalue weighted by atomic mass is 10.2. The lowest BCUT2D eigenvalue weighted by Gasteiger charge is -2.06. The molecular weight excluding hydrogens is 178 g/mol. The summed E-state index contributed by atoms with van der Waals surface area (Å²) in [6.07, 6.45) is 1.59. The van der Waals surface area contributed by atoms with Crippen molar-refractivity contribution in [1.29, 1.82) is 0 Å². The molecule has 0 spiro atoms. The van der Waals surface area contributed by atoms with Gasteiger partial charge < -0.3 is 5.73 Å². The molecule has 0 fully saturated rings. The molecule has 6 heteroatoms. The van der Waals surface area contributed by atoms with Crippen molar-refractivity contribution in [2.24, 2.45) is 5.73 Å². The van der Waals surface area contributed by atoms with Crippen molar-refractivity contribution in [3.05, 3.63) is 0 Å². The minimum Gasteiger partial charge on any atom is -0.328 e. The predicted octanol–water partition coefficient (Wildman–Crippen LogP) is -0.832. The van der Waals surface area contributed by atoms with Crippen molar-refractivity contribution in [2.75, 3.05) is 13.6 Å². The zero-order valence-electron chi connectivity index (χ0n) is 7.50. The molecule has 0 heterocycles. The van der Waals surface area contributed by atoms with Crippen molar-refractivity contribution >= 4 is 10.2 Å². The fourth-order valence-corrected chi connectivity index (χ4v) is 1.26. The second-order valence-electron chi connectivity index (χ2n) is 2.72. The quantitative estimate of drug-likeness (QED) is 0.484. The largest absolute Gasteiger partial charge is 0.328 e. The number of nitrogens with one attached hydrogen (secondary N) is 2. The van der Waals surface area contributed by atoms with Gasteiger partial charge in [-0.2, -0.15) is 8.42 Å². The van der Waals surface area contributed by atoms with Crippen LogP contribution in [0.4, 0.5) is 0 Å². The van der Waals surface area contributed by atoms with Crippen LogP contribution in [-0.2, 0) is 10.2 Å². The zero-order chi connectivity index (χ0) is 9.61. The summed E-state index contributed by atoms with van der Waals surface area (Å²) in [4.78, 5) is 0. The van der Waals surface area contributed by atoms with Crippen molar-refractivity contribution in [3.63, 3.8) is 0 Å². The van der Waals surface area contributed by atoms with Gasteiger partial charge in [0.15, 0.2) is 0 Å². The molecule has 0 bridgehead atoms. The van der Waals surface area contributed by atoms with Crippen LogP contribution < -0.4 is 15.2 Å². The van der Waals surface area contributed by atoms with Crippen LogP contribution in [0.1, 0.15) is 19.8 Å². The predicted molar refractivity (Wildman–Crippen MR) is 48.9 cm³/mol. The summed E-state index contributed by atoms with van der Waals surface area (Å²) in [5.41, 5.74) is 5.48. The normalized spacial score (nSPS) is 14.6. The van der Waals surface area contributed by atoms with E-state index in [0.717, 1.165) is 12.8 Å². The first-order valence-electron chi connectivity index (χ1n) is 3.91. The maximum atomic E-state index is 10.8. The molecule has 0 radical (unpaired) electrons. The monoisotopic (exact) mass is 195 g/mol. The number of hydrogen-bond donors (Lipinski definition) is 3. The Labute approximate surface area is 73.9 Å². The second kappa shape index (κ2) is 5.47. The summed E-state index contributed by atoms with van der Waals surface area (Å²) in [7, 11) is -1.89. The van der Waals surface area contributed by atoms with E-state index in [0.29, 0.717) is 6.54 Å². The average Bonchev–Trinajstić information content (AvgIpc) is 1.98. The highest BCUT2D eigenvalue weighted by Crippen LogP contribution is 1.91. The van der Waals surface area contributed by atoms with E-state index in [4.69, 9.17) is 5.73 Å². The van der Waals surface area contributed by atoms with E-state index in [1.165, 1.54) is 7.05 Å². The molecule has 0 aromatic heterocycles. The maximum absolute atomic E-state index is 10.8. The summed E-state index contributed by atoms with van der Waals surface area (Å²) in [5, 5.41) is 0. The van der Waals surface area contributed by atoms with E-state index in [-0.39, 0.29) is 6.04 Å². The first kappa shape index (κ1) is 11.8. The molecule has 1 unspecified atom stereocenters. The van der Waals surface area contributed by atoms with Crippen LogP contribution >= 0.6 is 0 Å². The van der Waals surface area contributed by atoms with Gasteiger partial charge in [0.05, 0.1) is 0 Å². The van der Waals surface area contributed by atoms with Crippen LogP contribution in [0.3, 0.4) is 0 Å². The average molecular weight is 195 g/mol. The van der Waals surface area contributed by atoms with Crippen LogP contribution in [0.25, 0.3) is 0 Å². The highest BCUT2D eigenvalue weighted by atomic mass is 32.2. The minimum absolute atomic E-state index is 0.129. The first-order chi connectivity index (χ1) is 5.48. The summed E-state index contributed by atoms with van der Waals surface area (Å²) in [6, 6.07) is 0.129. The Kier molecular flexibility index (Phi) is 5.39. The van der Waals surface area contributed by atoms with Gasteiger partial charge in [-0.05, 0) is 19.8 Å². The molecule has 74 valence electrons. The highest BCUT2D eigenvalue weighted by molar-refractivity contribution is 7.87. The van der Waals surface area contributed by atoms with Crippen LogP contribution in [0.2, 0.25) is 0 Å². The third-order valence-electron chi connectivity index (χ3n) is 1.40. The van der Waals surface area contributed by atoms with Gasteiger partial charge in [0.1, 0.15) is 0 Å². The highest BCUT2D eigenvalue weighted by Gasteiger charge is 2.03. The molecular formula is C6H17N3O2S. The molecule has 0 aliphatic carbocycles. The van der Waals surface area contributed by atoms with Crippen LogP contribution in [0.5, 0.6) is 0 Å². The Morgan fingerprint density at radius 3 is 2.50 bits per heavy atom. The van der Waals surface area contributed by atoms with Gasteiger partial charge in [-0.3, -0.25) is 0 Å². The fraction of sp³-hybridized carbons (Fsp3) is 1.00. The van der Waals surface area contributed by atoms with E-state index < -0.39 is 10.2 Å². The number of nitrogens with two attached hydrogens (primary N) is 1. The van der Waals surface area contributed by atoms with Gasteiger partial charge >= 0.3 is 0 Å². The molecule has 1 atom stereocenters. The maximum Gasteiger partial charge on any atom is 0.276 e. The van der Waals surface area contributed by atoms with E-state index >= 15 is 0 Å². The van der Waals surface area contributed by atoms with Gasteiger partial charge in [-0.15, -0.1) is 0 Å². The van der Waals surface area contributed by atoms with Crippen LogP contribution in [0, 0.1) is 0 Å². The first-order valence-corrected chi connectivity index (χ1v) is 5.40. The summed E-state index contributed by atoms with van der Waals surface area (Å²) < 4.78 is 26.1. The van der Waals surface area contributed by atoms with Crippen LogP contribution in [0.15, 0.2) is 0 Å². The Morgan fingerprint density at radius 1 is 1.50 bits per heavy atom. The molecule has 4 N–H and O–H groups in total. The van der Waals surface area contributed by atoms with Crippen molar-refractivity contribution in [3.8, 4) is 0 Å². The lowest BCUT2D eigenvalue weighted by Crippen LogP contribution is -2.34. The molecule has 0 amide bonds. The van der Waals surface area contributed by atoms with E-state index in [1.807, 2.05) is 6.92 Å². The van der Waals surface area contributed by atoms with Crippen molar-refractivity contribution in [1.82, 2.24) is 9.44 Å². The molecule has 0 saturated carbocycles. The van der Waals surface area contributed by atoms with E-state index in [1.54, 1.807) is 0 Å². The molecule has 0 aromatic carbocycles. The van der Waals surface area contributed by atoms with E-state index in [9.17, 15) is 8.42 Å². The van der Waals surface area contributed by atoms with Gasteiger partial charge in [0, 0.05) is 19.6 Å². The standard InChI is InChI=1S/C6H17N3O2S/c1-6(7)4-3-5-9-12(10,11)8-2/h6,8-9H,3-5,7H2,1-2H3. The Morgan fingerprint density at radius 2 is 2.08 bits per heavy atom. The van der Waals surface area contributed by atoms with Gasteiger partial charge in [0.25, 0.3) is 10.2 Å². The lowest BCUT2D eigenvalue weighted by molar-refractivity contribution is 0.561. The third kappa shape index (κ3) is 6.53. The molecule has 12 heavy (non-hydrogen) atoms. The second-order valence-corrected chi connectivity index (χ2v) is 4.43. The Bertz CT molecular complexity index is 201. The Hall–Kier alpha value is -0.170.